The van der Waals surface area contributed by atoms with E-state index in [0.29, 0.717) is 11.3 Å². The third-order valence-electron chi connectivity index (χ3n) is 5.98. The summed E-state index contributed by atoms with van der Waals surface area (Å²) in [6.07, 6.45) is -0.0515. The molecule has 0 bridgehead atoms. The smallest absolute Gasteiger partial charge is 0.333 e. The van der Waals surface area contributed by atoms with Crippen LogP contribution in [0.5, 0.6) is 0 Å². The first-order chi connectivity index (χ1) is 17.1. The van der Waals surface area contributed by atoms with Crippen molar-refractivity contribution >= 4 is 40.2 Å². The first-order valence-electron chi connectivity index (χ1n) is 11.0. The van der Waals surface area contributed by atoms with Crippen molar-refractivity contribution in [2.75, 3.05) is 19.0 Å². The molecule has 36 heavy (non-hydrogen) atoms. The summed E-state index contributed by atoms with van der Waals surface area (Å²) in [7, 11) is 5.55. The largest absolute Gasteiger partial charge is 0.480 e. The fourth-order valence-electron chi connectivity index (χ4n) is 4.02. The Hall–Kier alpha value is -4.11. The van der Waals surface area contributed by atoms with Crippen LogP contribution in [0.3, 0.4) is 0 Å². The van der Waals surface area contributed by atoms with Gasteiger partial charge in [0.05, 0.1) is 27.3 Å². The Labute approximate surface area is 211 Å². The highest BCUT2D eigenvalue weighted by atomic mass is 35.5. The number of amides is 1. The lowest BCUT2D eigenvalue weighted by Crippen LogP contribution is -2.42. The van der Waals surface area contributed by atoms with Gasteiger partial charge in [-0.2, -0.15) is 0 Å². The maximum atomic E-state index is 14.1. The van der Waals surface area contributed by atoms with Crippen LogP contribution in [-0.2, 0) is 18.3 Å². The highest BCUT2D eigenvalue weighted by Crippen LogP contribution is 2.23. The molecule has 2 N–H and O–H groups in total. The van der Waals surface area contributed by atoms with Crippen molar-refractivity contribution in [3.05, 3.63) is 93.1 Å². The second-order valence-electron chi connectivity index (χ2n) is 8.58. The van der Waals surface area contributed by atoms with E-state index >= 15 is 0 Å². The third kappa shape index (κ3) is 4.70. The van der Waals surface area contributed by atoms with Crippen molar-refractivity contribution in [3.8, 4) is 5.69 Å². The number of hydrogen-bond acceptors (Lipinski definition) is 4. The summed E-state index contributed by atoms with van der Waals surface area (Å²) in [5.74, 6) is -3.03. The molecule has 1 amide bonds. The number of benzene rings is 3. The Morgan fingerprint density at radius 1 is 1.08 bits per heavy atom. The average Bonchev–Trinajstić information content (AvgIpc) is 3.08. The van der Waals surface area contributed by atoms with E-state index in [1.165, 1.54) is 12.1 Å². The van der Waals surface area contributed by atoms with Gasteiger partial charge in [-0.1, -0.05) is 29.8 Å². The second-order valence-corrected chi connectivity index (χ2v) is 8.98. The van der Waals surface area contributed by atoms with Crippen LogP contribution in [0.4, 0.5) is 10.1 Å². The summed E-state index contributed by atoms with van der Waals surface area (Å²) in [4.78, 5) is 39.3. The molecule has 1 atom stereocenters. The Balaban J connectivity index is 1.59. The molecular weight excluding hydrogens is 487 g/mol. The highest BCUT2D eigenvalue weighted by Gasteiger charge is 2.24. The van der Waals surface area contributed by atoms with Crippen molar-refractivity contribution in [2.45, 2.75) is 12.5 Å². The number of aliphatic carboxylic acids is 1. The molecule has 8 nitrogen and oxygen atoms in total. The van der Waals surface area contributed by atoms with Crippen LogP contribution in [0, 0.1) is 5.82 Å². The average molecular weight is 511 g/mol. The maximum Gasteiger partial charge on any atom is 0.333 e. The van der Waals surface area contributed by atoms with Gasteiger partial charge in [0.25, 0.3) is 5.91 Å². The Bertz CT molecular complexity index is 1510. The predicted octanol–water partition coefficient (Wildman–Crippen LogP) is 3.61. The van der Waals surface area contributed by atoms with E-state index < -0.39 is 29.3 Å². The quantitative estimate of drug-likeness (QED) is 0.396. The molecule has 10 heteroatoms. The van der Waals surface area contributed by atoms with Crippen molar-refractivity contribution in [1.82, 2.24) is 14.5 Å². The fraction of sp³-hybridized carbons (Fsp3) is 0.192. The van der Waals surface area contributed by atoms with Gasteiger partial charge in [-0.05, 0) is 48.0 Å². The fourth-order valence-corrected chi connectivity index (χ4v) is 4.26. The molecule has 0 saturated carbocycles. The summed E-state index contributed by atoms with van der Waals surface area (Å²) in [5, 5.41) is 11.9. The van der Waals surface area contributed by atoms with Crippen LogP contribution in [0.25, 0.3) is 16.7 Å². The zero-order valence-electron chi connectivity index (χ0n) is 19.8. The Kier molecular flexibility index (Phi) is 6.85. The molecule has 1 aromatic heterocycles. The lowest BCUT2D eigenvalue weighted by molar-refractivity contribution is -0.139. The zero-order valence-corrected chi connectivity index (χ0v) is 20.6. The van der Waals surface area contributed by atoms with Crippen molar-refractivity contribution < 1.29 is 19.1 Å². The summed E-state index contributed by atoms with van der Waals surface area (Å²) in [6, 6.07) is 15.0. The first kappa shape index (κ1) is 25.0. The van der Waals surface area contributed by atoms with E-state index in [1.54, 1.807) is 40.4 Å². The zero-order chi connectivity index (χ0) is 26.1. The van der Waals surface area contributed by atoms with Crippen molar-refractivity contribution in [1.29, 1.82) is 0 Å². The number of nitrogens with zero attached hydrogens (tertiary/aromatic N) is 3. The molecule has 0 fully saturated rings. The van der Waals surface area contributed by atoms with E-state index in [-0.39, 0.29) is 17.1 Å². The van der Waals surface area contributed by atoms with Crippen LogP contribution in [0.2, 0.25) is 5.02 Å². The molecule has 0 aliphatic rings. The number of imidazole rings is 1. The molecule has 3 aromatic carbocycles. The van der Waals surface area contributed by atoms with Crippen LogP contribution in [0.15, 0.2) is 65.5 Å². The van der Waals surface area contributed by atoms with E-state index in [0.717, 1.165) is 22.8 Å². The molecule has 4 aromatic rings. The van der Waals surface area contributed by atoms with Crippen LogP contribution < -0.4 is 15.9 Å². The molecule has 0 spiro atoms. The summed E-state index contributed by atoms with van der Waals surface area (Å²) >= 11 is 5.92. The van der Waals surface area contributed by atoms with Gasteiger partial charge in [-0.3, -0.25) is 13.9 Å². The molecule has 0 radical (unpaired) electrons. The van der Waals surface area contributed by atoms with E-state index in [9.17, 15) is 23.9 Å². The van der Waals surface area contributed by atoms with Gasteiger partial charge >= 0.3 is 11.7 Å². The maximum absolute atomic E-state index is 14.1. The molecule has 0 unspecified atom stereocenters. The normalized spacial score (nSPS) is 11.9. The number of aromatic nitrogens is 2. The van der Waals surface area contributed by atoms with Crippen LogP contribution in [0.1, 0.15) is 15.9 Å². The molecule has 0 aliphatic heterocycles. The third-order valence-corrected chi connectivity index (χ3v) is 6.30. The van der Waals surface area contributed by atoms with E-state index in [2.05, 4.69) is 5.32 Å². The number of carboxylic acids is 1. The SMILES string of the molecule is CN(C)c1ccc2c(c1)n(C)c(=O)n2-c1ccc(C[C@H](NC(=O)c2c(F)cccc2Cl)C(=O)O)cc1. The number of halogens is 2. The molecule has 1 heterocycles. The topological polar surface area (TPSA) is 96.6 Å². The molecule has 0 aliphatic carbocycles. The summed E-state index contributed by atoms with van der Waals surface area (Å²) in [6.45, 7) is 0. The minimum atomic E-state index is -1.32. The van der Waals surface area contributed by atoms with E-state index in [4.69, 9.17) is 11.6 Å². The van der Waals surface area contributed by atoms with Gasteiger partial charge in [-0.15, -0.1) is 0 Å². The highest BCUT2D eigenvalue weighted by molar-refractivity contribution is 6.33. The number of rotatable bonds is 7. The second kappa shape index (κ2) is 9.87. The van der Waals surface area contributed by atoms with Gasteiger partial charge in [0.2, 0.25) is 0 Å². The van der Waals surface area contributed by atoms with Gasteiger partial charge in [-0.25, -0.2) is 14.0 Å². The monoisotopic (exact) mass is 510 g/mol. The Morgan fingerprint density at radius 3 is 2.39 bits per heavy atom. The standard InChI is InChI=1S/C26H24ClFN4O4/c1-30(2)17-11-12-21-22(14-17)31(3)26(36)32(21)16-9-7-15(8-10-16)13-20(25(34)35)29-24(33)23-18(27)5-4-6-19(23)28/h4-12,14,20H,13H2,1-3H3,(H,29,33)(H,34,35)/t20-/m0/s1. The minimum absolute atomic E-state index is 0.0515. The summed E-state index contributed by atoms with van der Waals surface area (Å²) in [5.41, 5.74) is 3.06. The van der Waals surface area contributed by atoms with Crippen LogP contribution >= 0.6 is 11.6 Å². The molecule has 186 valence electrons. The number of aryl methyl sites for hydroxylation is 1. The molecular formula is C26H24ClFN4O4. The number of hydrogen-bond donors (Lipinski definition) is 2. The number of nitrogens with one attached hydrogen (secondary N) is 1. The van der Waals surface area contributed by atoms with Crippen LogP contribution in [-0.4, -0.2) is 46.3 Å². The van der Waals surface area contributed by atoms with Crippen molar-refractivity contribution in [2.24, 2.45) is 7.05 Å². The van der Waals surface area contributed by atoms with Crippen molar-refractivity contribution in [3.63, 3.8) is 0 Å². The lowest BCUT2D eigenvalue weighted by atomic mass is 10.0. The summed E-state index contributed by atoms with van der Waals surface area (Å²) < 4.78 is 17.2. The first-order valence-corrected chi connectivity index (χ1v) is 11.4. The van der Waals surface area contributed by atoms with Gasteiger partial charge in [0.15, 0.2) is 0 Å². The number of anilines is 1. The predicted molar refractivity (Wildman–Crippen MR) is 137 cm³/mol. The van der Waals surface area contributed by atoms with E-state index in [1.807, 2.05) is 37.2 Å². The lowest BCUT2D eigenvalue weighted by Gasteiger charge is -2.16. The minimum Gasteiger partial charge on any atom is -0.480 e. The number of fused-ring (bicyclic) bond motifs is 1. The molecule has 0 saturated heterocycles. The molecule has 4 rings (SSSR count). The number of carboxylic acid groups (broad SMARTS) is 1. The van der Waals surface area contributed by atoms with Gasteiger partial charge < -0.3 is 15.3 Å². The van der Waals surface area contributed by atoms with Gasteiger partial charge in [0.1, 0.15) is 11.9 Å². The number of carbonyl (C=O) groups excluding carboxylic acids is 1. The van der Waals surface area contributed by atoms with Gasteiger partial charge in [0, 0.05) is 33.3 Å². The number of carbonyl (C=O) groups is 2. The Morgan fingerprint density at radius 2 is 1.78 bits per heavy atom.